The second-order valence-electron chi connectivity index (χ2n) is 4.01. The topological polar surface area (TPSA) is 28.2 Å². The van der Waals surface area contributed by atoms with Gasteiger partial charge in [0, 0.05) is 38.1 Å². The number of aryl methyl sites for hydroxylation is 1. The zero-order valence-electron chi connectivity index (χ0n) is 10.6. The molecule has 0 spiro atoms. The lowest BCUT2D eigenvalue weighted by molar-refractivity contribution is 0.231. The maximum absolute atomic E-state index is 4.65. The third-order valence-corrected chi connectivity index (χ3v) is 3.62. The Hall–Kier alpha value is 0.420. The van der Waals surface area contributed by atoms with E-state index in [2.05, 4.69) is 27.5 Å². The Morgan fingerprint density at radius 3 is 2.56 bits per heavy atom. The molecule has 0 saturated carbocycles. The van der Waals surface area contributed by atoms with Crippen LogP contribution in [0.3, 0.4) is 0 Å². The number of aromatic nitrogens is 1. The van der Waals surface area contributed by atoms with Gasteiger partial charge in [-0.3, -0.25) is 4.90 Å². The summed E-state index contributed by atoms with van der Waals surface area (Å²) in [5.74, 6) is 0. The molecule has 3 nitrogen and oxygen atoms in total. The van der Waals surface area contributed by atoms with Crippen molar-refractivity contribution in [3.05, 3.63) is 16.1 Å². The summed E-state index contributed by atoms with van der Waals surface area (Å²) in [6.45, 7) is 7.78. The van der Waals surface area contributed by atoms with Crippen LogP contribution in [-0.4, -0.2) is 36.1 Å². The van der Waals surface area contributed by atoms with E-state index in [0.717, 1.165) is 39.1 Å². The summed E-state index contributed by atoms with van der Waals surface area (Å²) in [6, 6.07) is 0. The van der Waals surface area contributed by atoms with Crippen LogP contribution in [0.2, 0.25) is 0 Å². The molecule has 1 fully saturated rings. The van der Waals surface area contributed by atoms with Gasteiger partial charge in [0.1, 0.15) is 0 Å². The monoisotopic (exact) mass is 333 g/mol. The number of piperazine rings is 1. The van der Waals surface area contributed by atoms with Gasteiger partial charge in [0.05, 0.1) is 10.7 Å². The Balaban J connectivity index is 0. The van der Waals surface area contributed by atoms with Crippen LogP contribution in [0.5, 0.6) is 0 Å². The Morgan fingerprint density at radius 1 is 1.28 bits per heavy atom. The fourth-order valence-electron chi connectivity index (χ4n) is 1.85. The van der Waals surface area contributed by atoms with Gasteiger partial charge in [-0.25, -0.2) is 4.98 Å². The van der Waals surface area contributed by atoms with Gasteiger partial charge in [-0.2, -0.15) is 0 Å². The molecule has 18 heavy (non-hydrogen) atoms. The third-order valence-electron chi connectivity index (χ3n) is 2.66. The van der Waals surface area contributed by atoms with Crippen molar-refractivity contribution in [2.24, 2.45) is 0 Å². The van der Waals surface area contributed by atoms with Gasteiger partial charge in [-0.05, 0) is 12.8 Å². The molecule has 7 heteroatoms. The van der Waals surface area contributed by atoms with Crippen molar-refractivity contribution >= 4 is 48.6 Å². The molecule has 2 heterocycles. The number of rotatable bonds is 4. The zero-order valence-corrected chi connectivity index (χ0v) is 13.8. The summed E-state index contributed by atoms with van der Waals surface area (Å²) in [4.78, 5) is 7.12. The summed E-state index contributed by atoms with van der Waals surface area (Å²) in [7, 11) is 0. The molecule has 1 aliphatic heterocycles. The Bertz CT molecular complexity index is 303. The molecule has 1 aliphatic rings. The molecule has 108 valence electrons. The van der Waals surface area contributed by atoms with Gasteiger partial charge in [0.25, 0.3) is 0 Å². The summed E-state index contributed by atoms with van der Waals surface area (Å²) in [5.41, 5.74) is 1.25. The lowest BCUT2D eigenvalue weighted by Crippen LogP contribution is -2.42. The van der Waals surface area contributed by atoms with E-state index in [9.17, 15) is 0 Å². The van der Waals surface area contributed by atoms with Crippen LogP contribution < -0.4 is 5.32 Å². The molecule has 1 saturated heterocycles. The highest BCUT2D eigenvalue weighted by Crippen LogP contribution is 2.13. The molecular formula is C11H22Cl3N3S. The molecule has 0 aromatic carbocycles. The van der Waals surface area contributed by atoms with Gasteiger partial charge < -0.3 is 5.32 Å². The molecule has 0 bridgehead atoms. The maximum atomic E-state index is 4.65. The van der Waals surface area contributed by atoms with Gasteiger partial charge in [-0.15, -0.1) is 48.6 Å². The van der Waals surface area contributed by atoms with E-state index in [-0.39, 0.29) is 37.2 Å². The van der Waals surface area contributed by atoms with Crippen LogP contribution in [0.25, 0.3) is 0 Å². The Kier molecular flexibility index (Phi) is 13.0. The minimum absolute atomic E-state index is 0. The number of thiazole rings is 1. The summed E-state index contributed by atoms with van der Waals surface area (Å²) >= 11 is 1.81. The Morgan fingerprint density at radius 2 is 1.94 bits per heavy atom. The molecule has 0 aliphatic carbocycles. The number of hydrogen-bond donors (Lipinski definition) is 1. The highest BCUT2D eigenvalue weighted by molar-refractivity contribution is 7.09. The van der Waals surface area contributed by atoms with Crippen molar-refractivity contribution in [2.45, 2.75) is 26.3 Å². The van der Waals surface area contributed by atoms with Crippen LogP contribution in [0.15, 0.2) is 5.38 Å². The predicted octanol–water partition coefficient (Wildman–Crippen LogP) is 2.77. The molecule has 0 amide bonds. The molecule has 1 N–H and O–H groups in total. The predicted molar refractivity (Wildman–Crippen MR) is 86.0 cm³/mol. The van der Waals surface area contributed by atoms with Gasteiger partial charge in [-0.1, -0.05) is 6.92 Å². The van der Waals surface area contributed by atoms with E-state index >= 15 is 0 Å². The molecule has 2 rings (SSSR count). The largest absolute Gasteiger partial charge is 0.314 e. The quantitative estimate of drug-likeness (QED) is 0.917. The summed E-state index contributed by atoms with van der Waals surface area (Å²) in [5, 5.41) is 6.88. The van der Waals surface area contributed by atoms with Crippen molar-refractivity contribution < 1.29 is 0 Å². The molecule has 0 unspecified atom stereocenters. The molecular weight excluding hydrogens is 313 g/mol. The van der Waals surface area contributed by atoms with Crippen LogP contribution in [-0.2, 0) is 13.0 Å². The first-order chi connectivity index (χ1) is 7.38. The number of hydrogen-bond acceptors (Lipinski definition) is 4. The SMILES string of the molecule is CCCc1nc(CN2CCNCC2)cs1.Cl.Cl.Cl. The molecule has 0 atom stereocenters. The first-order valence-corrected chi connectivity index (χ1v) is 6.63. The highest BCUT2D eigenvalue weighted by atomic mass is 35.5. The summed E-state index contributed by atoms with van der Waals surface area (Å²) < 4.78 is 0. The van der Waals surface area contributed by atoms with Crippen LogP contribution in [0.4, 0.5) is 0 Å². The highest BCUT2D eigenvalue weighted by Gasteiger charge is 2.11. The van der Waals surface area contributed by atoms with E-state index in [1.54, 1.807) is 0 Å². The van der Waals surface area contributed by atoms with Crippen molar-refractivity contribution in [2.75, 3.05) is 26.2 Å². The third kappa shape index (κ3) is 6.55. The summed E-state index contributed by atoms with van der Waals surface area (Å²) in [6.07, 6.45) is 2.33. The maximum Gasteiger partial charge on any atom is 0.0928 e. The standard InChI is InChI=1S/C11H19N3S.3ClH/c1-2-3-11-13-10(9-15-11)8-14-6-4-12-5-7-14;;;/h9,12H,2-8H2,1H3;3*1H. The lowest BCUT2D eigenvalue weighted by atomic mass is 10.3. The first kappa shape index (κ1) is 20.7. The fraction of sp³-hybridized carbons (Fsp3) is 0.727. The number of nitrogens with one attached hydrogen (secondary N) is 1. The van der Waals surface area contributed by atoms with Crippen molar-refractivity contribution in [3.8, 4) is 0 Å². The van der Waals surface area contributed by atoms with Crippen LogP contribution in [0, 0.1) is 0 Å². The lowest BCUT2D eigenvalue weighted by Gasteiger charge is -2.26. The average molecular weight is 335 g/mol. The smallest absolute Gasteiger partial charge is 0.0928 e. The van der Waals surface area contributed by atoms with E-state index in [0.29, 0.717) is 0 Å². The number of halogens is 3. The van der Waals surface area contributed by atoms with Gasteiger partial charge >= 0.3 is 0 Å². The van der Waals surface area contributed by atoms with E-state index < -0.39 is 0 Å². The normalized spacial score (nSPS) is 15.2. The minimum atomic E-state index is 0. The van der Waals surface area contributed by atoms with E-state index in [1.165, 1.54) is 17.1 Å². The Labute approximate surface area is 132 Å². The van der Waals surface area contributed by atoms with Crippen molar-refractivity contribution in [1.82, 2.24) is 15.2 Å². The van der Waals surface area contributed by atoms with Crippen molar-refractivity contribution in [1.29, 1.82) is 0 Å². The second-order valence-corrected chi connectivity index (χ2v) is 4.95. The van der Waals surface area contributed by atoms with Crippen molar-refractivity contribution in [3.63, 3.8) is 0 Å². The van der Waals surface area contributed by atoms with E-state index in [4.69, 9.17) is 0 Å². The minimum Gasteiger partial charge on any atom is -0.314 e. The fourth-order valence-corrected chi connectivity index (χ4v) is 2.74. The number of nitrogens with zero attached hydrogens (tertiary/aromatic N) is 2. The second kappa shape index (κ2) is 11.3. The zero-order chi connectivity index (χ0) is 10.5. The van der Waals surface area contributed by atoms with Gasteiger partial charge in [0.15, 0.2) is 0 Å². The van der Waals surface area contributed by atoms with Gasteiger partial charge in [0.2, 0.25) is 0 Å². The first-order valence-electron chi connectivity index (χ1n) is 5.75. The average Bonchev–Trinajstić information content (AvgIpc) is 2.68. The van der Waals surface area contributed by atoms with E-state index in [1.807, 2.05) is 11.3 Å². The molecule has 1 aromatic rings. The molecule has 1 aromatic heterocycles. The molecule has 0 radical (unpaired) electrons. The van der Waals surface area contributed by atoms with Crippen LogP contribution >= 0.6 is 48.6 Å². The van der Waals surface area contributed by atoms with Crippen LogP contribution in [0.1, 0.15) is 24.0 Å².